The summed E-state index contributed by atoms with van der Waals surface area (Å²) in [5.41, 5.74) is 1.54. The lowest BCUT2D eigenvalue weighted by molar-refractivity contribution is 0.305. The first kappa shape index (κ1) is 13.4. The molecular formula is C15H12BrNO2. The number of methoxy groups -OCH3 is 1. The van der Waals surface area contributed by atoms with Crippen molar-refractivity contribution >= 4 is 15.9 Å². The van der Waals surface area contributed by atoms with Crippen LogP contribution in [0.25, 0.3) is 0 Å². The van der Waals surface area contributed by atoms with E-state index in [1.54, 1.807) is 19.2 Å². The zero-order valence-corrected chi connectivity index (χ0v) is 12.0. The molecule has 96 valence electrons. The monoisotopic (exact) mass is 317 g/mol. The predicted octanol–water partition coefficient (Wildman–Crippen LogP) is 3.91. The molecule has 2 aromatic carbocycles. The van der Waals surface area contributed by atoms with Crippen LogP contribution in [0, 0.1) is 11.3 Å². The van der Waals surface area contributed by atoms with Gasteiger partial charge in [0.05, 0.1) is 17.1 Å². The van der Waals surface area contributed by atoms with Crippen molar-refractivity contribution in [3.63, 3.8) is 0 Å². The molecule has 19 heavy (non-hydrogen) atoms. The second-order valence-corrected chi connectivity index (χ2v) is 4.72. The van der Waals surface area contributed by atoms with E-state index in [1.807, 2.05) is 30.3 Å². The second kappa shape index (κ2) is 6.26. The lowest BCUT2D eigenvalue weighted by Crippen LogP contribution is -1.97. The third-order valence-electron chi connectivity index (χ3n) is 2.62. The zero-order valence-electron chi connectivity index (χ0n) is 10.4. The van der Waals surface area contributed by atoms with Gasteiger partial charge in [-0.15, -0.1) is 0 Å². The molecular weight excluding hydrogens is 306 g/mol. The third kappa shape index (κ3) is 3.27. The molecule has 0 bridgehead atoms. The topological polar surface area (TPSA) is 42.2 Å². The third-order valence-corrected chi connectivity index (χ3v) is 3.24. The molecule has 0 saturated heterocycles. The van der Waals surface area contributed by atoms with Crippen molar-refractivity contribution in [2.75, 3.05) is 7.11 Å². The fourth-order valence-corrected chi connectivity index (χ4v) is 2.23. The van der Waals surface area contributed by atoms with Gasteiger partial charge < -0.3 is 9.47 Å². The van der Waals surface area contributed by atoms with E-state index < -0.39 is 0 Å². The summed E-state index contributed by atoms with van der Waals surface area (Å²) in [6.07, 6.45) is 0. The van der Waals surface area contributed by atoms with Crippen molar-refractivity contribution in [1.82, 2.24) is 0 Å². The fourth-order valence-electron chi connectivity index (χ4n) is 1.65. The van der Waals surface area contributed by atoms with Crippen LogP contribution in [0.2, 0.25) is 0 Å². The minimum atomic E-state index is 0.404. The molecule has 0 aliphatic rings. The number of halogens is 1. The van der Waals surface area contributed by atoms with Crippen molar-refractivity contribution in [2.24, 2.45) is 0 Å². The van der Waals surface area contributed by atoms with Crippen LogP contribution in [0.3, 0.4) is 0 Å². The highest BCUT2D eigenvalue weighted by Gasteiger charge is 2.04. The largest absolute Gasteiger partial charge is 0.496 e. The molecule has 0 heterocycles. The van der Waals surface area contributed by atoms with E-state index in [-0.39, 0.29) is 0 Å². The van der Waals surface area contributed by atoms with Gasteiger partial charge in [-0.05, 0) is 45.8 Å². The summed E-state index contributed by atoms with van der Waals surface area (Å²) in [6.45, 7) is 0.404. The van der Waals surface area contributed by atoms with Crippen molar-refractivity contribution in [2.45, 2.75) is 6.61 Å². The summed E-state index contributed by atoms with van der Waals surface area (Å²) in [5, 5.41) is 8.97. The van der Waals surface area contributed by atoms with Gasteiger partial charge in [-0.25, -0.2) is 0 Å². The summed E-state index contributed by atoms with van der Waals surface area (Å²) in [5.74, 6) is 1.37. The van der Waals surface area contributed by atoms with Gasteiger partial charge in [0.15, 0.2) is 0 Å². The Bertz CT molecular complexity index is 620. The summed E-state index contributed by atoms with van der Waals surface area (Å²) < 4.78 is 11.7. The van der Waals surface area contributed by atoms with Crippen molar-refractivity contribution in [3.05, 3.63) is 58.1 Å². The highest BCUT2D eigenvalue weighted by molar-refractivity contribution is 9.10. The minimum Gasteiger partial charge on any atom is -0.496 e. The maximum atomic E-state index is 8.97. The quantitative estimate of drug-likeness (QED) is 0.858. The second-order valence-electron chi connectivity index (χ2n) is 3.87. The first-order chi connectivity index (χ1) is 9.24. The van der Waals surface area contributed by atoms with E-state index in [0.717, 1.165) is 15.8 Å². The van der Waals surface area contributed by atoms with Crippen LogP contribution in [-0.2, 0) is 6.61 Å². The number of nitriles is 1. The van der Waals surface area contributed by atoms with E-state index in [0.29, 0.717) is 17.9 Å². The molecule has 0 atom stereocenters. The Balaban J connectivity index is 2.11. The van der Waals surface area contributed by atoms with Crippen molar-refractivity contribution in [3.8, 4) is 17.6 Å². The van der Waals surface area contributed by atoms with E-state index in [9.17, 15) is 0 Å². The van der Waals surface area contributed by atoms with Crippen molar-refractivity contribution < 1.29 is 9.47 Å². The average molecular weight is 318 g/mol. The van der Waals surface area contributed by atoms with Crippen LogP contribution in [0.1, 0.15) is 11.1 Å². The Hall–Kier alpha value is -1.99. The molecule has 0 saturated carbocycles. The zero-order chi connectivity index (χ0) is 13.7. The molecule has 0 spiro atoms. The number of hydrogen-bond donors (Lipinski definition) is 0. The first-order valence-electron chi connectivity index (χ1n) is 5.69. The number of ether oxygens (including phenoxy) is 2. The Morgan fingerprint density at radius 2 is 1.95 bits per heavy atom. The van der Waals surface area contributed by atoms with Crippen LogP contribution in [0.4, 0.5) is 0 Å². The molecule has 0 radical (unpaired) electrons. The van der Waals surface area contributed by atoms with Gasteiger partial charge in [0, 0.05) is 0 Å². The maximum Gasteiger partial charge on any atom is 0.137 e. The molecule has 0 N–H and O–H groups in total. The molecule has 3 nitrogen and oxygen atoms in total. The normalized spacial score (nSPS) is 9.74. The first-order valence-corrected chi connectivity index (χ1v) is 6.48. The average Bonchev–Trinajstić information content (AvgIpc) is 2.45. The molecule has 0 aromatic heterocycles. The lowest BCUT2D eigenvalue weighted by atomic mass is 10.2. The van der Waals surface area contributed by atoms with Crippen LogP contribution in [-0.4, -0.2) is 7.11 Å². The Morgan fingerprint density at radius 3 is 2.63 bits per heavy atom. The van der Waals surface area contributed by atoms with Gasteiger partial charge in [0.2, 0.25) is 0 Å². The van der Waals surface area contributed by atoms with E-state index in [2.05, 4.69) is 22.0 Å². The Labute approximate surface area is 120 Å². The number of benzene rings is 2. The number of rotatable bonds is 4. The smallest absolute Gasteiger partial charge is 0.137 e. The van der Waals surface area contributed by atoms with Gasteiger partial charge in [-0.1, -0.05) is 18.2 Å². The predicted molar refractivity (Wildman–Crippen MR) is 76.2 cm³/mol. The Morgan fingerprint density at radius 1 is 1.16 bits per heavy atom. The molecule has 2 aromatic rings. The number of para-hydroxylation sites is 1. The molecule has 0 fully saturated rings. The van der Waals surface area contributed by atoms with Crippen LogP contribution < -0.4 is 9.47 Å². The summed E-state index contributed by atoms with van der Waals surface area (Å²) in [6, 6.07) is 15.0. The van der Waals surface area contributed by atoms with Gasteiger partial charge >= 0.3 is 0 Å². The molecule has 4 heteroatoms. The molecule has 0 aliphatic heterocycles. The molecule has 0 aliphatic carbocycles. The van der Waals surface area contributed by atoms with Gasteiger partial charge in [0.25, 0.3) is 0 Å². The SMILES string of the molecule is COc1ccc(COc2ccccc2C#N)cc1Br. The van der Waals surface area contributed by atoms with Gasteiger partial charge in [-0.3, -0.25) is 0 Å². The van der Waals surface area contributed by atoms with E-state index in [1.165, 1.54) is 0 Å². The van der Waals surface area contributed by atoms with Crippen LogP contribution in [0.15, 0.2) is 46.9 Å². The van der Waals surface area contributed by atoms with Gasteiger partial charge in [-0.2, -0.15) is 5.26 Å². The summed E-state index contributed by atoms with van der Waals surface area (Å²) >= 11 is 3.43. The molecule has 0 unspecified atom stereocenters. The Kier molecular flexibility index (Phi) is 4.43. The summed E-state index contributed by atoms with van der Waals surface area (Å²) in [4.78, 5) is 0. The fraction of sp³-hybridized carbons (Fsp3) is 0.133. The van der Waals surface area contributed by atoms with Gasteiger partial charge in [0.1, 0.15) is 24.2 Å². The molecule has 0 amide bonds. The standard InChI is InChI=1S/C15H12BrNO2/c1-18-15-7-6-11(8-13(15)16)10-19-14-5-3-2-4-12(14)9-17/h2-8H,10H2,1H3. The van der Waals surface area contributed by atoms with E-state index >= 15 is 0 Å². The number of nitrogens with zero attached hydrogens (tertiary/aromatic N) is 1. The summed E-state index contributed by atoms with van der Waals surface area (Å²) in [7, 11) is 1.62. The molecule has 2 rings (SSSR count). The number of hydrogen-bond acceptors (Lipinski definition) is 3. The highest BCUT2D eigenvalue weighted by Crippen LogP contribution is 2.26. The highest BCUT2D eigenvalue weighted by atomic mass is 79.9. The van der Waals surface area contributed by atoms with Crippen molar-refractivity contribution in [1.29, 1.82) is 5.26 Å². The van der Waals surface area contributed by atoms with E-state index in [4.69, 9.17) is 14.7 Å². The van der Waals surface area contributed by atoms with Crippen LogP contribution >= 0.6 is 15.9 Å². The maximum absolute atomic E-state index is 8.97. The van der Waals surface area contributed by atoms with Crippen LogP contribution in [0.5, 0.6) is 11.5 Å². The lowest BCUT2D eigenvalue weighted by Gasteiger charge is -2.09. The minimum absolute atomic E-state index is 0.404.